The molecule has 0 aromatic heterocycles. The smallest absolute Gasteiger partial charge is 0.269 e. The van der Waals surface area contributed by atoms with E-state index in [1.165, 1.54) is 0 Å². The van der Waals surface area contributed by atoms with Gasteiger partial charge in [0, 0.05) is 6.42 Å². The summed E-state index contributed by atoms with van der Waals surface area (Å²) in [7, 11) is -3.88. The second-order valence-electron chi connectivity index (χ2n) is 2.94. The fourth-order valence-corrected chi connectivity index (χ4v) is 1.45. The molecule has 92 valence electrons. The summed E-state index contributed by atoms with van der Waals surface area (Å²) in [4.78, 5) is 0. The van der Waals surface area contributed by atoms with E-state index in [1.807, 2.05) is 0 Å². The van der Waals surface area contributed by atoms with Crippen LogP contribution in [0, 0.1) is 0 Å². The quantitative estimate of drug-likeness (QED) is 0.837. The van der Waals surface area contributed by atoms with Crippen LogP contribution in [0.1, 0.15) is 12.0 Å². The maximum atomic E-state index is 10.8. The number of hydrogen-bond acceptors (Lipinski definition) is 2. The second kappa shape index (κ2) is 8.18. The minimum absolute atomic E-state index is 0.0556. The predicted octanol–water partition coefficient (Wildman–Crippen LogP) is 2.39. The first-order chi connectivity index (χ1) is 7.49. The molecule has 0 unspecified atom stereocenters. The molecule has 1 N–H and O–H groups in total. The van der Waals surface area contributed by atoms with E-state index >= 15 is 0 Å². The Morgan fingerprint density at radius 1 is 1.06 bits per heavy atom. The molecule has 0 radical (unpaired) electrons. The van der Waals surface area contributed by atoms with E-state index in [-0.39, 0.29) is 12.2 Å². The van der Waals surface area contributed by atoms with Crippen molar-refractivity contribution in [3.63, 3.8) is 0 Å². The minimum atomic E-state index is -3.88. The van der Waals surface area contributed by atoms with Crippen molar-refractivity contribution in [2.75, 3.05) is 13.3 Å². The Morgan fingerprint density at radius 3 is 1.88 bits per heavy atom. The average Bonchev–Trinajstić information content (AvgIpc) is 2.19. The molecule has 1 aromatic carbocycles. The zero-order chi connectivity index (χ0) is 12.4. The number of halogens is 2. The molecule has 1 aromatic rings. The SMILES string of the molecule is FCCCF.O=S(=O)(O)Cc1ccccc1. The lowest BCUT2D eigenvalue weighted by molar-refractivity contribution is 0.398. The molecule has 16 heavy (non-hydrogen) atoms. The standard InChI is InChI=1S/C7H8O3S.C3H6F2/c8-11(9,10)6-7-4-2-1-3-5-7;4-2-1-3-5/h1-5H,6H2,(H,8,9,10);1-3H2. The molecule has 0 spiro atoms. The number of alkyl halides is 2. The second-order valence-corrected chi connectivity index (χ2v) is 4.40. The summed E-state index contributed by atoms with van der Waals surface area (Å²) in [5.74, 6) is -0.312. The summed E-state index contributed by atoms with van der Waals surface area (Å²) >= 11 is 0. The summed E-state index contributed by atoms with van der Waals surface area (Å²) in [6, 6.07) is 8.52. The van der Waals surface area contributed by atoms with Crippen LogP contribution >= 0.6 is 0 Å². The molecule has 0 saturated carbocycles. The maximum absolute atomic E-state index is 10.8. The lowest BCUT2D eigenvalue weighted by Crippen LogP contribution is -2.00. The van der Waals surface area contributed by atoms with Gasteiger partial charge in [0.05, 0.1) is 13.3 Å². The minimum Gasteiger partial charge on any atom is -0.285 e. The molecule has 1 rings (SSSR count). The first-order valence-electron chi connectivity index (χ1n) is 4.60. The van der Waals surface area contributed by atoms with Gasteiger partial charge in [0.15, 0.2) is 0 Å². The van der Waals surface area contributed by atoms with E-state index in [0.717, 1.165) is 0 Å². The van der Waals surface area contributed by atoms with Crippen LogP contribution < -0.4 is 0 Å². The highest BCUT2D eigenvalue weighted by atomic mass is 32.2. The first kappa shape index (κ1) is 15.0. The zero-order valence-electron chi connectivity index (χ0n) is 8.64. The molecule has 0 saturated heterocycles. The monoisotopic (exact) mass is 252 g/mol. The van der Waals surface area contributed by atoms with E-state index in [2.05, 4.69) is 0 Å². The Hall–Kier alpha value is -1.01. The molecule has 0 amide bonds. The molecule has 3 nitrogen and oxygen atoms in total. The van der Waals surface area contributed by atoms with Crippen molar-refractivity contribution in [3.05, 3.63) is 35.9 Å². The normalized spacial score (nSPS) is 10.4. The van der Waals surface area contributed by atoms with Crippen LogP contribution in [0.5, 0.6) is 0 Å². The van der Waals surface area contributed by atoms with Gasteiger partial charge in [-0.2, -0.15) is 8.42 Å². The Labute approximate surface area is 93.9 Å². The summed E-state index contributed by atoms with van der Waals surface area (Å²) < 4.78 is 50.7. The van der Waals surface area contributed by atoms with Gasteiger partial charge in [-0.25, -0.2) is 0 Å². The summed E-state index contributed by atoms with van der Waals surface area (Å²) in [5.41, 5.74) is 0.593. The van der Waals surface area contributed by atoms with Crippen LogP contribution in [0.4, 0.5) is 8.78 Å². The number of rotatable bonds is 4. The van der Waals surface area contributed by atoms with Crippen LogP contribution in [0.2, 0.25) is 0 Å². The van der Waals surface area contributed by atoms with Crippen LogP contribution in [-0.2, 0) is 15.9 Å². The fourth-order valence-electron chi connectivity index (χ4n) is 0.835. The van der Waals surface area contributed by atoms with Gasteiger partial charge in [-0.3, -0.25) is 13.3 Å². The lowest BCUT2D eigenvalue weighted by atomic mass is 10.2. The molecule has 0 atom stereocenters. The summed E-state index contributed by atoms with van der Waals surface area (Å²) in [6.07, 6.45) is 0.0556. The van der Waals surface area contributed by atoms with E-state index < -0.39 is 23.5 Å². The molecule has 0 aliphatic carbocycles. The van der Waals surface area contributed by atoms with E-state index in [0.29, 0.717) is 5.56 Å². The van der Waals surface area contributed by atoms with Crippen molar-refractivity contribution < 1.29 is 21.8 Å². The van der Waals surface area contributed by atoms with Crippen molar-refractivity contribution in [3.8, 4) is 0 Å². The predicted molar refractivity (Wildman–Crippen MR) is 58.3 cm³/mol. The third kappa shape index (κ3) is 9.54. The fraction of sp³-hybridized carbons (Fsp3) is 0.400. The molecule has 0 fully saturated rings. The van der Waals surface area contributed by atoms with E-state index in [1.54, 1.807) is 30.3 Å². The first-order valence-corrected chi connectivity index (χ1v) is 6.21. The Morgan fingerprint density at radius 2 is 1.56 bits per heavy atom. The topological polar surface area (TPSA) is 54.4 Å². The summed E-state index contributed by atoms with van der Waals surface area (Å²) in [5, 5.41) is 0. The third-order valence-electron chi connectivity index (χ3n) is 1.46. The molecule has 0 aliphatic heterocycles. The molecule has 6 heteroatoms. The highest BCUT2D eigenvalue weighted by molar-refractivity contribution is 7.85. The number of benzene rings is 1. The van der Waals surface area contributed by atoms with Crippen molar-refractivity contribution in [1.82, 2.24) is 0 Å². The number of hydrogen-bond donors (Lipinski definition) is 1. The van der Waals surface area contributed by atoms with Crippen LogP contribution in [0.15, 0.2) is 30.3 Å². The van der Waals surface area contributed by atoms with Crippen molar-refractivity contribution in [2.45, 2.75) is 12.2 Å². The van der Waals surface area contributed by atoms with Gasteiger partial charge in [0.25, 0.3) is 10.1 Å². The Balaban J connectivity index is 0.000000385. The van der Waals surface area contributed by atoms with Gasteiger partial charge in [0.1, 0.15) is 5.75 Å². The summed E-state index contributed by atoms with van der Waals surface area (Å²) in [6.45, 7) is -1.06. The lowest BCUT2D eigenvalue weighted by Gasteiger charge is -1.95. The van der Waals surface area contributed by atoms with Gasteiger partial charge in [0.2, 0.25) is 0 Å². The van der Waals surface area contributed by atoms with Gasteiger partial charge >= 0.3 is 0 Å². The van der Waals surface area contributed by atoms with Crippen LogP contribution in [-0.4, -0.2) is 26.3 Å². The highest BCUT2D eigenvalue weighted by Gasteiger charge is 2.04. The molecule has 0 aliphatic rings. The van der Waals surface area contributed by atoms with Crippen molar-refractivity contribution in [2.24, 2.45) is 0 Å². The average molecular weight is 252 g/mol. The van der Waals surface area contributed by atoms with Gasteiger partial charge in [-0.1, -0.05) is 30.3 Å². The molecule has 0 heterocycles. The molecule has 0 bridgehead atoms. The van der Waals surface area contributed by atoms with Crippen molar-refractivity contribution >= 4 is 10.1 Å². The largest absolute Gasteiger partial charge is 0.285 e. The molecular weight excluding hydrogens is 238 g/mol. The van der Waals surface area contributed by atoms with Gasteiger partial charge in [-0.15, -0.1) is 0 Å². The Bertz CT molecular complexity index is 363. The Kier molecular flexibility index (Phi) is 7.66. The van der Waals surface area contributed by atoms with Crippen molar-refractivity contribution in [1.29, 1.82) is 0 Å². The van der Waals surface area contributed by atoms with Crippen LogP contribution in [0.3, 0.4) is 0 Å². The third-order valence-corrected chi connectivity index (χ3v) is 2.16. The van der Waals surface area contributed by atoms with Gasteiger partial charge < -0.3 is 0 Å². The zero-order valence-corrected chi connectivity index (χ0v) is 9.46. The maximum Gasteiger partial charge on any atom is 0.269 e. The van der Waals surface area contributed by atoms with E-state index in [9.17, 15) is 17.2 Å². The molecular formula is C10H14F2O3S. The van der Waals surface area contributed by atoms with Gasteiger partial charge in [-0.05, 0) is 5.56 Å². The highest BCUT2D eigenvalue weighted by Crippen LogP contribution is 2.02. The van der Waals surface area contributed by atoms with Crippen LogP contribution in [0.25, 0.3) is 0 Å². The van der Waals surface area contributed by atoms with E-state index in [4.69, 9.17) is 4.55 Å².